The van der Waals surface area contributed by atoms with E-state index in [0.29, 0.717) is 17.3 Å². The van der Waals surface area contributed by atoms with Gasteiger partial charge in [-0.3, -0.25) is 0 Å². The van der Waals surface area contributed by atoms with Crippen LogP contribution in [0.4, 0.5) is 0 Å². The molecular weight excluding hydrogens is 324 g/mol. The molecule has 5 nitrogen and oxygen atoms in total. The molecule has 1 aromatic heterocycles. The van der Waals surface area contributed by atoms with E-state index >= 15 is 0 Å². The van der Waals surface area contributed by atoms with Crippen LogP contribution in [0.15, 0.2) is 33.7 Å². The van der Waals surface area contributed by atoms with E-state index in [4.69, 9.17) is 16.1 Å². The van der Waals surface area contributed by atoms with Crippen molar-refractivity contribution in [2.45, 2.75) is 37.6 Å². The highest BCUT2D eigenvalue weighted by Crippen LogP contribution is 2.39. The zero-order valence-electron chi connectivity index (χ0n) is 12.4. The third kappa shape index (κ3) is 2.55. The molecule has 0 amide bonds. The Bertz CT molecular complexity index is 764. The summed E-state index contributed by atoms with van der Waals surface area (Å²) < 4.78 is 32.6. The fraction of sp³-hybridized carbons (Fsp3) is 0.400. The Morgan fingerprint density at radius 2 is 1.95 bits per heavy atom. The van der Waals surface area contributed by atoms with Crippen LogP contribution in [0.1, 0.15) is 35.9 Å². The minimum atomic E-state index is -3.56. The normalized spacial score (nSPS) is 19.7. The monoisotopic (exact) mass is 340 g/mol. The highest BCUT2D eigenvalue weighted by molar-refractivity contribution is 7.89. The summed E-state index contributed by atoms with van der Waals surface area (Å²) in [4.78, 5) is 0.260. The first kappa shape index (κ1) is 15.5. The predicted octanol–water partition coefficient (Wildman–Crippen LogP) is 3.47. The number of sulfonamides is 1. The molecule has 1 saturated heterocycles. The van der Waals surface area contributed by atoms with Gasteiger partial charge in [0, 0.05) is 17.1 Å². The zero-order valence-corrected chi connectivity index (χ0v) is 14.0. The van der Waals surface area contributed by atoms with Gasteiger partial charge >= 0.3 is 0 Å². The lowest BCUT2D eigenvalue weighted by Gasteiger charge is -2.24. The molecule has 0 spiro atoms. The summed E-state index contributed by atoms with van der Waals surface area (Å²) in [5.74, 6) is 0.681. The summed E-state index contributed by atoms with van der Waals surface area (Å²) in [5.41, 5.74) is 1.63. The molecule has 0 aliphatic carbocycles. The Morgan fingerprint density at radius 1 is 1.27 bits per heavy atom. The van der Waals surface area contributed by atoms with E-state index in [9.17, 15) is 8.42 Å². The van der Waals surface area contributed by atoms with E-state index in [1.54, 1.807) is 28.6 Å². The Kier molecular flexibility index (Phi) is 4.01. The van der Waals surface area contributed by atoms with Gasteiger partial charge in [0.2, 0.25) is 10.0 Å². The van der Waals surface area contributed by atoms with Crippen LogP contribution in [-0.2, 0) is 10.0 Å². The second-order valence-corrected chi connectivity index (χ2v) is 7.79. The quantitative estimate of drug-likeness (QED) is 0.858. The average molecular weight is 341 g/mol. The van der Waals surface area contributed by atoms with Crippen molar-refractivity contribution >= 4 is 21.6 Å². The Hall–Kier alpha value is -1.37. The molecule has 0 N–H and O–H groups in total. The molecule has 1 aliphatic heterocycles. The van der Waals surface area contributed by atoms with Crippen molar-refractivity contribution in [2.75, 3.05) is 6.54 Å². The summed E-state index contributed by atoms with van der Waals surface area (Å²) in [7, 11) is -3.56. The van der Waals surface area contributed by atoms with Crippen molar-refractivity contribution in [2.24, 2.45) is 0 Å². The number of benzene rings is 1. The van der Waals surface area contributed by atoms with Crippen molar-refractivity contribution < 1.29 is 12.9 Å². The average Bonchev–Trinajstić information content (AvgIpc) is 3.06. The maximum Gasteiger partial charge on any atom is 0.243 e. The van der Waals surface area contributed by atoms with Crippen LogP contribution in [0, 0.1) is 13.8 Å². The number of rotatable bonds is 3. The second-order valence-electron chi connectivity index (χ2n) is 5.47. The molecule has 0 unspecified atom stereocenters. The number of hydrogen-bond donors (Lipinski definition) is 0. The van der Waals surface area contributed by atoms with Crippen molar-refractivity contribution in [1.29, 1.82) is 0 Å². The van der Waals surface area contributed by atoms with E-state index < -0.39 is 10.0 Å². The van der Waals surface area contributed by atoms with Gasteiger partial charge in [0.1, 0.15) is 5.76 Å². The first-order valence-electron chi connectivity index (χ1n) is 7.11. The van der Waals surface area contributed by atoms with Crippen molar-refractivity contribution in [3.63, 3.8) is 0 Å². The topological polar surface area (TPSA) is 63.4 Å². The van der Waals surface area contributed by atoms with Crippen molar-refractivity contribution in [3.8, 4) is 0 Å². The van der Waals surface area contributed by atoms with Crippen molar-refractivity contribution in [1.82, 2.24) is 9.46 Å². The maximum absolute atomic E-state index is 12.9. The summed E-state index contributed by atoms with van der Waals surface area (Å²) in [6.45, 7) is 4.16. The predicted molar refractivity (Wildman–Crippen MR) is 83.3 cm³/mol. The maximum atomic E-state index is 12.9. The molecule has 1 atom stereocenters. The van der Waals surface area contributed by atoms with Crippen LogP contribution in [-0.4, -0.2) is 24.4 Å². The lowest BCUT2D eigenvalue weighted by molar-refractivity contribution is 0.376. The molecule has 2 heterocycles. The summed E-state index contributed by atoms with van der Waals surface area (Å²) in [5, 5.41) is 4.46. The number of aryl methyl sites for hydroxylation is 2. The Morgan fingerprint density at radius 3 is 2.55 bits per heavy atom. The van der Waals surface area contributed by atoms with Crippen LogP contribution in [0.5, 0.6) is 0 Å². The minimum absolute atomic E-state index is 0.216. The first-order chi connectivity index (χ1) is 10.4. The van der Waals surface area contributed by atoms with E-state index in [0.717, 1.165) is 24.1 Å². The molecular formula is C15H17ClN2O3S. The molecule has 7 heteroatoms. The molecule has 1 aromatic carbocycles. The minimum Gasteiger partial charge on any atom is -0.361 e. The van der Waals surface area contributed by atoms with Gasteiger partial charge in [0.15, 0.2) is 0 Å². The van der Waals surface area contributed by atoms with Gasteiger partial charge in [0.05, 0.1) is 16.6 Å². The molecule has 0 bridgehead atoms. The van der Waals surface area contributed by atoms with E-state index in [1.807, 2.05) is 13.8 Å². The van der Waals surface area contributed by atoms with Gasteiger partial charge in [-0.25, -0.2) is 8.42 Å². The molecule has 2 aromatic rings. The molecule has 0 saturated carbocycles. The SMILES string of the molecule is Cc1noc(C)c1[C@@H]1CCCN1S(=O)(=O)c1ccc(Cl)cc1. The molecule has 3 rings (SSSR count). The van der Waals surface area contributed by atoms with Gasteiger partial charge in [-0.05, 0) is 51.0 Å². The molecule has 118 valence electrons. The summed E-state index contributed by atoms with van der Waals surface area (Å²) >= 11 is 5.84. The highest BCUT2D eigenvalue weighted by Gasteiger charge is 2.38. The standard InChI is InChI=1S/C15H17ClN2O3S/c1-10-15(11(2)21-17-10)14-4-3-9-18(14)22(19,20)13-7-5-12(16)6-8-13/h5-8,14H,3-4,9H2,1-2H3/t14-/m0/s1. The van der Waals surface area contributed by atoms with Crippen LogP contribution >= 0.6 is 11.6 Å². The van der Waals surface area contributed by atoms with Gasteiger partial charge < -0.3 is 4.52 Å². The van der Waals surface area contributed by atoms with E-state index in [-0.39, 0.29) is 10.9 Å². The summed E-state index contributed by atoms with van der Waals surface area (Å²) in [6.07, 6.45) is 1.59. The number of halogens is 1. The van der Waals surface area contributed by atoms with E-state index in [1.165, 1.54) is 0 Å². The number of hydrogen-bond acceptors (Lipinski definition) is 4. The lowest BCUT2D eigenvalue weighted by Crippen LogP contribution is -2.31. The molecule has 22 heavy (non-hydrogen) atoms. The third-order valence-electron chi connectivity index (χ3n) is 4.05. The van der Waals surface area contributed by atoms with Gasteiger partial charge in [-0.2, -0.15) is 4.31 Å². The Balaban J connectivity index is 2.01. The van der Waals surface area contributed by atoms with Crippen LogP contribution < -0.4 is 0 Å². The van der Waals surface area contributed by atoms with Crippen LogP contribution in [0.3, 0.4) is 0 Å². The smallest absolute Gasteiger partial charge is 0.243 e. The fourth-order valence-electron chi connectivity index (χ4n) is 3.02. The Labute approximate surface area is 134 Å². The molecule has 1 aliphatic rings. The fourth-order valence-corrected chi connectivity index (χ4v) is 4.82. The van der Waals surface area contributed by atoms with Gasteiger partial charge in [-0.15, -0.1) is 0 Å². The largest absolute Gasteiger partial charge is 0.361 e. The van der Waals surface area contributed by atoms with Crippen molar-refractivity contribution in [3.05, 3.63) is 46.3 Å². The second kappa shape index (κ2) is 5.68. The van der Waals surface area contributed by atoms with E-state index in [2.05, 4.69) is 5.16 Å². The molecule has 1 fully saturated rings. The third-order valence-corrected chi connectivity index (χ3v) is 6.22. The lowest BCUT2D eigenvalue weighted by atomic mass is 10.0. The zero-order chi connectivity index (χ0) is 15.9. The van der Waals surface area contributed by atoms with Gasteiger partial charge in [0.25, 0.3) is 0 Å². The molecule has 0 radical (unpaired) electrons. The summed E-state index contributed by atoms with van der Waals surface area (Å²) in [6, 6.07) is 6.05. The highest BCUT2D eigenvalue weighted by atomic mass is 35.5. The number of aromatic nitrogens is 1. The number of nitrogens with zero attached hydrogens (tertiary/aromatic N) is 2. The van der Waals surface area contributed by atoms with Gasteiger partial charge in [-0.1, -0.05) is 16.8 Å². The van der Waals surface area contributed by atoms with Crippen LogP contribution in [0.2, 0.25) is 5.02 Å². The van der Waals surface area contributed by atoms with Crippen LogP contribution in [0.25, 0.3) is 0 Å². The first-order valence-corrected chi connectivity index (χ1v) is 8.93.